The number of amides is 1. The van der Waals surface area contributed by atoms with Gasteiger partial charge in [0.2, 0.25) is 0 Å². The van der Waals surface area contributed by atoms with Crippen molar-refractivity contribution < 1.29 is 4.79 Å². The lowest BCUT2D eigenvalue weighted by Gasteiger charge is -2.08. The Morgan fingerprint density at radius 3 is 3.05 bits per heavy atom. The quantitative estimate of drug-likeness (QED) is 0.760. The third kappa shape index (κ3) is 2.35. The zero-order valence-corrected chi connectivity index (χ0v) is 12.7. The summed E-state index contributed by atoms with van der Waals surface area (Å²) >= 11 is 3.45. The molecular formula is C15H13BrN4O. The molecule has 6 heteroatoms. The van der Waals surface area contributed by atoms with E-state index in [1.807, 2.05) is 35.0 Å². The average Bonchev–Trinajstić information content (AvgIpc) is 3.07. The van der Waals surface area contributed by atoms with E-state index in [2.05, 4.69) is 31.4 Å². The molecule has 1 amide bonds. The van der Waals surface area contributed by atoms with Crippen LogP contribution in [0, 0.1) is 0 Å². The van der Waals surface area contributed by atoms with Gasteiger partial charge >= 0.3 is 0 Å². The van der Waals surface area contributed by atoms with Gasteiger partial charge in [0.1, 0.15) is 5.69 Å². The molecule has 1 aliphatic rings. The van der Waals surface area contributed by atoms with Crippen molar-refractivity contribution in [2.45, 2.75) is 18.9 Å². The van der Waals surface area contributed by atoms with Crippen molar-refractivity contribution >= 4 is 38.4 Å². The topological polar surface area (TPSA) is 62.7 Å². The Kier molecular flexibility index (Phi) is 2.85. The van der Waals surface area contributed by atoms with Crippen molar-refractivity contribution in [3.05, 3.63) is 46.8 Å². The normalized spacial score (nSPS) is 14.5. The lowest BCUT2D eigenvalue weighted by atomic mass is 10.2. The summed E-state index contributed by atoms with van der Waals surface area (Å²) in [6, 6.07) is 8.04. The van der Waals surface area contributed by atoms with E-state index in [1.54, 1.807) is 6.20 Å². The van der Waals surface area contributed by atoms with E-state index in [-0.39, 0.29) is 5.91 Å². The Hall–Kier alpha value is -2.08. The van der Waals surface area contributed by atoms with Crippen LogP contribution in [-0.4, -0.2) is 20.7 Å². The molecule has 0 bridgehead atoms. The molecule has 1 saturated carbocycles. The summed E-state index contributed by atoms with van der Waals surface area (Å²) in [5.74, 6) is -0.0912. The second-order valence-electron chi connectivity index (χ2n) is 5.31. The number of carbonyl (C=O) groups excluding carboxylic acids is 1. The second-order valence-corrected chi connectivity index (χ2v) is 6.22. The van der Waals surface area contributed by atoms with Gasteiger partial charge in [-0.25, -0.2) is 0 Å². The number of anilines is 1. The van der Waals surface area contributed by atoms with Gasteiger partial charge in [0, 0.05) is 27.8 Å². The van der Waals surface area contributed by atoms with Gasteiger partial charge in [0.15, 0.2) is 0 Å². The molecule has 0 saturated heterocycles. The van der Waals surface area contributed by atoms with Gasteiger partial charge in [-0.2, -0.15) is 5.10 Å². The lowest BCUT2D eigenvalue weighted by molar-refractivity contribution is 0.101. The summed E-state index contributed by atoms with van der Waals surface area (Å²) in [4.78, 5) is 12.5. The largest absolute Gasteiger partial charge is 0.339 e. The van der Waals surface area contributed by atoms with Crippen LogP contribution >= 0.6 is 15.9 Å². The summed E-state index contributed by atoms with van der Waals surface area (Å²) in [5, 5.41) is 10.9. The maximum absolute atomic E-state index is 12.5. The minimum atomic E-state index is -0.0912. The average molecular weight is 345 g/mol. The lowest BCUT2D eigenvalue weighted by Crippen LogP contribution is -2.16. The molecule has 1 aromatic carbocycles. The number of carbonyl (C=O) groups is 1. The minimum Gasteiger partial charge on any atom is -0.339 e. The molecule has 0 unspecified atom stereocenters. The number of aromatic nitrogens is 3. The van der Waals surface area contributed by atoms with Gasteiger partial charge in [-0.3, -0.25) is 9.89 Å². The third-order valence-corrected chi connectivity index (χ3v) is 4.12. The zero-order chi connectivity index (χ0) is 14.4. The van der Waals surface area contributed by atoms with Crippen molar-refractivity contribution in [3.8, 4) is 0 Å². The van der Waals surface area contributed by atoms with Crippen LogP contribution < -0.4 is 5.32 Å². The number of aromatic amines is 1. The number of H-pyrrole nitrogens is 1. The highest BCUT2D eigenvalue weighted by Crippen LogP contribution is 2.37. The molecule has 3 aromatic rings. The van der Waals surface area contributed by atoms with Crippen molar-refractivity contribution in [3.63, 3.8) is 0 Å². The molecule has 0 spiro atoms. The van der Waals surface area contributed by atoms with E-state index in [9.17, 15) is 4.79 Å². The first-order valence-electron chi connectivity index (χ1n) is 6.82. The monoisotopic (exact) mass is 344 g/mol. The van der Waals surface area contributed by atoms with Crippen LogP contribution in [0.15, 0.2) is 41.1 Å². The van der Waals surface area contributed by atoms with E-state index in [1.165, 1.54) is 0 Å². The number of hydrogen-bond acceptors (Lipinski definition) is 2. The highest BCUT2D eigenvalue weighted by Gasteiger charge is 2.27. The maximum atomic E-state index is 12.5. The van der Waals surface area contributed by atoms with E-state index in [4.69, 9.17) is 0 Å². The molecule has 2 aromatic heterocycles. The second kappa shape index (κ2) is 4.73. The van der Waals surface area contributed by atoms with Crippen LogP contribution in [0.5, 0.6) is 0 Å². The molecule has 0 atom stereocenters. The first-order valence-corrected chi connectivity index (χ1v) is 7.62. The summed E-state index contributed by atoms with van der Waals surface area (Å²) in [7, 11) is 0. The van der Waals surface area contributed by atoms with Crippen LogP contribution in [0.25, 0.3) is 10.9 Å². The number of hydrogen-bond donors (Lipinski definition) is 2. The van der Waals surface area contributed by atoms with Crippen LogP contribution in [0.2, 0.25) is 0 Å². The fraction of sp³-hybridized carbons (Fsp3) is 0.200. The van der Waals surface area contributed by atoms with Crippen molar-refractivity contribution in [2.24, 2.45) is 0 Å². The minimum absolute atomic E-state index is 0.0912. The van der Waals surface area contributed by atoms with Gasteiger partial charge in [0.05, 0.1) is 11.7 Å². The molecule has 1 fully saturated rings. The number of benzene rings is 1. The Labute approximate surface area is 129 Å². The molecular weight excluding hydrogens is 332 g/mol. The Balaban J connectivity index is 1.62. The van der Waals surface area contributed by atoms with Crippen molar-refractivity contribution in [1.29, 1.82) is 0 Å². The number of halogens is 1. The molecule has 2 N–H and O–H groups in total. The van der Waals surface area contributed by atoms with Gasteiger partial charge in [0.25, 0.3) is 5.91 Å². The summed E-state index contributed by atoms with van der Waals surface area (Å²) in [6.45, 7) is 0. The number of nitrogens with zero attached hydrogens (tertiary/aromatic N) is 2. The number of nitrogens with one attached hydrogen (secondary N) is 2. The number of rotatable bonds is 3. The molecule has 0 aliphatic heterocycles. The molecule has 21 heavy (non-hydrogen) atoms. The highest BCUT2D eigenvalue weighted by atomic mass is 79.9. The van der Waals surface area contributed by atoms with E-state index < -0.39 is 0 Å². The molecule has 5 nitrogen and oxygen atoms in total. The first-order chi connectivity index (χ1) is 10.2. The van der Waals surface area contributed by atoms with Crippen LogP contribution in [0.3, 0.4) is 0 Å². The molecule has 1 aliphatic carbocycles. The standard InChI is InChI=1S/C15H13BrN4O/c16-10-5-14(20(8-10)12-3-4-12)15(21)18-11-2-1-9-7-17-19-13(9)6-11/h1-2,5-8,12H,3-4H2,(H,17,19)(H,18,21). The first kappa shape index (κ1) is 12.6. The van der Waals surface area contributed by atoms with E-state index >= 15 is 0 Å². The molecule has 2 heterocycles. The smallest absolute Gasteiger partial charge is 0.272 e. The summed E-state index contributed by atoms with van der Waals surface area (Å²) in [6.07, 6.45) is 6.02. The predicted octanol–water partition coefficient (Wildman–Crippen LogP) is 3.71. The van der Waals surface area contributed by atoms with Crippen molar-refractivity contribution in [2.75, 3.05) is 5.32 Å². The number of fused-ring (bicyclic) bond motifs is 1. The maximum Gasteiger partial charge on any atom is 0.272 e. The summed E-state index contributed by atoms with van der Waals surface area (Å²) in [5.41, 5.74) is 2.36. The Morgan fingerprint density at radius 1 is 1.38 bits per heavy atom. The zero-order valence-electron chi connectivity index (χ0n) is 11.1. The van der Waals surface area contributed by atoms with Crippen LogP contribution in [-0.2, 0) is 0 Å². The summed E-state index contributed by atoms with van der Waals surface area (Å²) < 4.78 is 2.98. The Morgan fingerprint density at radius 2 is 2.24 bits per heavy atom. The predicted molar refractivity (Wildman–Crippen MR) is 84.4 cm³/mol. The van der Waals surface area contributed by atoms with Crippen molar-refractivity contribution in [1.82, 2.24) is 14.8 Å². The van der Waals surface area contributed by atoms with Crippen LogP contribution in [0.4, 0.5) is 5.69 Å². The van der Waals surface area contributed by atoms with Crippen LogP contribution in [0.1, 0.15) is 29.4 Å². The van der Waals surface area contributed by atoms with Gasteiger partial charge in [-0.1, -0.05) is 0 Å². The SMILES string of the molecule is O=C(Nc1ccc2cn[nH]c2c1)c1cc(Br)cn1C1CC1. The fourth-order valence-corrected chi connectivity index (χ4v) is 2.93. The molecule has 106 valence electrons. The van der Waals surface area contributed by atoms with Gasteiger partial charge < -0.3 is 9.88 Å². The highest BCUT2D eigenvalue weighted by molar-refractivity contribution is 9.10. The van der Waals surface area contributed by atoms with E-state index in [0.717, 1.165) is 33.9 Å². The fourth-order valence-electron chi connectivity index (χ4n) is 2.49. The molecule has 4 rings (SSSR count). The van der Waals surface area contributed by atoms with Gasteiger partial charge in [-0.15, -0.1) is 0 Å². The third-order valence-electron chi connectivity index (χ3n) is 3.69. The Bertz CT molecular complexity index is 831. The van der Waals surface area contributed by atoms with Gasteiger partial charge in [-0.05, 0) is 53.0 Å². The molecule has 0 radical (unpaired) electrons. The van der Waals surface area contributed by atoms with E-state index in [0.29, 0.717) is 11.7 Å².